The Morgan fingerprint density at radius 2 is 1.75 bits per heavy atom. The zero-order valence-electron chi connectivity index (χ0n) is 14.2. The number of ether oxygens (including phenoxy) is 4. The van der Waals surface area contributed by atoms with Gasteiger partial charge in [-0.1, -0.05) is 12.6 Å². The monoisotopic (exact) mass is 334 g/mol. The van der Waals surface area contributed by atoms with Gasteiger partial charge in [0.15, 0.2) is 11.5 Å². The van der Waals surface area contributed by atoms with Crippen LogP contribution in [0.3, 0.4) is 0 Å². The van der Waals surface area contributed by atoms with Crippen molar-refractivity contribution >= 4 is 18.0 Å². The molecule has 1 aromatic rings. The van der Waals surface area contributed by atoms with Gasteiger partial charge in [0.2, 0.25) is 0 Å². The van der Waals surface area contributed by atoms with Crippen molar-refractivity contribution in [2.24, 2.45) is 0 Å². The quantitative estimate of drug-likeness (QED) is 0.393. The van der Waals surface area contributed by atoms with Crippen LogP contribution >= 0.6 is 0 Å². The molecule has 6 nitrogen and oxygen atoms in total. The summed E-state index contributed by atoms with van der Waals surface area (Å²) < 4.78 is 20.2. The van der Waals surface area contributed by atoms with Gasteiger partial charge < -0.3 is 18.9 Å². The van der Waals surface area contributed by atoms with E-state index in [0.717, 1.165) is 5.56 Å². The number of rotatable bonds is 9. The van der Waals surface area contributed by atoms with Crippen molar-refractivity contribution in [3.05, 3.63) is 42.0 Å². The molecule has 0 saturated carbocycles. The molecule has 130 valence electrons. The van der Waals surface area contributed by atoms with Gasteiger partial charge in [0, 0.05) is 18.1 Å². The average Bonchev–Trinajstić information content (AvgIpc) is 2.58. The molecule has 0 bridgehead atoms. The molecular weight excluding hydrogens is 312 g/mol. The molecule has 0 aromatic heterocycles. The van der Waals surface area contributed by atoms with Crippen LogP contribution in [0.5, 0.6) is 11.5 Å². The van der Waals surface area contributed by atoms with Crippen molar-refractivity contribution in [2.45, 2.75) is 13.3 Å². The first-order valence-corrected chi connectivity index (χ1v) is 7.37. The van der Waals surface area contributed by atoms with Crippen LogP contribution in [-0.4, -0.2) is 39.4 Å². The second kappa shape index (κ2) is 10.1. The lowest BCUT2D eigenvalue weighted by molar-refractivity contribution is -0.140. The summed E-state index contributed by atoms with van der Waals surface area (Å²) in [5.74, 6) is 0.263. The van der Waals surface area contributed by atoms with Gasteiger partial charge in [-0.05, 0) is 30.7 Å². The molecular formula is C18H22O6. The molecule has 0 heterocycles. The largest absolute Gasteiger partial charge is 0.493 e. The minimum Gasteiger partial charge on any atom is -0.493 e. The van der Waals surface area contributed by atoms with E-state index in [-0.39, 0.29) is 13.2 Å². The van der Waals surface area contributed by atoms with E-state index >= 15 is 0 Å². The summed E-state index contributed by atoms with van der Waals surface area (Å²) in [6, 6.07) is 5.29. The van der Waals surface area contributed by atoms with Crippen LogP contribution in [-0.2, 0) is 19.1 Å². The highest BCUT2D eigenvalue weighted by atomic mass is 16.5. The van der Waals surface area contributed by atoms with E-state index in [2.05, 4.69) is 6.58 Å². The molecule has 0 amide bonds. The fraction of sp³-hybridized carbons (Fsp3) is 0.333. The molecule has 0 unspecified atom stereocenters. The summed E-state index contributed by atoms with van der Waals surface area (Å²) in [6.45, 7) is 5.39. The van der Waals surface area contributed by atoms with Gasteiger partial charge >= 0.3 is 11.9 Å². The lowest BCUT2D eigenvalue weighted by atomic mass is 10.2. The Morgan fingerprint density at radius 1 is 1.08 bits per heavy atom. The summed E-state index contributed by atoms with van der Waals surface area (Å²) >= 11 is 0. The van der Waals surface area contributed by atoms with Crippen molar-refractivity contribution in [3.8, 4) is 11.5 Å². The first-order valence-electron chi connectivity index (χ1n) is 7.37. The second-order valence-corrected chi connectivity index (χ2v) is 4.89. The lowest BCUT2D eigenvalue weighted by Crippen LogP contribution is -2.09. The smallest absolute Gasteiger partial charge is 0.333 e. The minimum atomic E-state index is -0.476. The van der Waals surface area contributed by atoms with Crippen LogP contribution in [0.4, 0.5) is 0 Å². The van der Waals surface area contributed by atoms with E-state index in [1.54, 1.807) is 45.4 Å². The number of esters is 2. The van der Waals surface area contributed by atoms with Crippen molar-refractivity contribution in [1.29, 1.82) is 0 Å². The minimum absolute atomic E-state index is 0.165. The number of hydrogen-bond donors (Lipinski definition) is 0. The third-order valence-corrected chi connectivity index (χ3v) is 2.93. The van der Waals surface area contributed by atoms with Crippen LogP contribution < -0.4 is 9.47 Å². The number of carbonyl (C=O) groups excluding carboxylic acids is 2. The average molecular weight is 334 g/mol. The fourth-order valence-corrected chi connectivity index (χ4v) is 1.69. The third-order valence-electron chi connectivity index (χ3n) is 2.93. The molecule has 0 fully saturated rings. The van der Waals surface area contributed by atoms with E-state index < -0.39 is 11.9 Å². The van der Waals surface area contributed by atoms with Gasteiger partial charge in [0.1, 0.15) is 0 Å². The summed E-state index contributed by atoms with van der Waals surface area (Å²) in [6.07, 6.45) is 3.36. The van der Waals surface area contributed by atoms with E-state index in [1.807, 2.05) is 0 Å². The van der Waals surface area contributed by atoms with E-state index in [1.165, 1.54) is 6.08 Å². The number of methoxy groups -OCH3 is 2. The number of hydrogen-bond acceptors (Lipinski definition) is 6. The van der Waals surface area contributed by atoms with Gasteiger partial charge in [-0.3, -0.25) is 0 Å². The van der Waals surface area contributed by atoms with Gasteiger partial charge in [-0.15, -0.1) is 0 Å². The number of carbonyl (C=O) groups is 2. The van der Waals surface area contributed by atoms with Gasteiger partial charge in [-0.2, -0.15) is 0 Å². The van der Waals surface area contributed by atoms with Crippen molar-refractivity contribution < 1.29 is 28.5 Å². The zero-order valence-corrected chi connectivity index (χ0v) is 14.2. The topological polar surface area (TPSA) is 71.1 Å². The molecule has 0 aliphatic carbocycles. The molecule has 0 N–H and O–H groups in total. The fourth-order valence-electron chi connectivity index (χ4n) is 1.69. The summed E-state index contributed by atoms with van der Waals surface area (Å²) in [5.41, 5.74) is 1.12. The molecule has 1 rings (SSSR count). The Balaban J connectivity index is 2.38. The molecule has 0 aliphatic rings. The van der Waals surface area contributed by atoms with Crippen LogP contribution in [0.25, 0.3) is 6.08 Å². The molecule has 24 heavy (non-hydrogen) atoms. The SMILES string of the molecule is C=C(C)C(=O)OCCCOC(=O)C=Cc1ccc(OC)c(OC)c1. The maximum Gasteiger partial charge on any atom is 0.333 e. The van der Waals surface area contributed by atoms with Crippen LogP contribution in [0.15, 0.2) is 36.4 Å². The summed E-state index contributed by atoms with van der Waals surface area (Å²) in [5, 5.41) is 0. The predicted octanol–water partition coefficient (Wildman–Crippen LogP) is 2.77. The Labute approximate surface area is 141 Å². The first-order chi connectivity index (χ1) is 11.5. The Kier molecular flexibility index (Phi) is 8.11. The molecule has 1 aromatic carbocycles. The Hall–Kier alpha value is -2.76. The molecule has 6 heteroatoms. The maximum absolute atomic E-state index is 11.6. The van der Waals surface area contributed by atoms with Crippen molar-refractivity contribution in [1.82, 2.24) is 0 Å². The van der Waals surface area contributed by atoms with Crippen LogP contribution in [0.2, 0.25) is 0 Å². The standard InChI is InChI=1S/C18H22O6/c1-13(2)18(20)24-11-5-10-23-17(19)9-7-14-6-8-15(21-3)16(12-14)22-4/h6-9,12H,1,5,10-11H2,2-4H3. The van der Waals surface area contributed by atoms with E-state index in [9.17, 15) is 9.59 Å². The molecule has 0 aliphatic heterocycles. The lowest BCUT2D eigenvalue weighted by Gasteiger charge is -2.07. The second-order valence-electron chi connectivity index (χ2n) is 4.89. The van der Waals surface area contributed by atoms with Gasteiger partial charge in [0.05, 0.1) is 27.4 Å². The van der Waals surface area contributed by atoms with Gasteiger partial charge in [0.25, 0.3) is 0 Å². The normalized spacial score (nSPS) is 10.3. The predicted molar refractivity (Wildman–Crippen MR) is 89.9 cm³/mol. The maximum atomic E-state index is 11.6. The van der Waals surface area contributed by atoms with Crippen molar-refractivity contribution in [3.63, 3.8) is 0 Å². The van der Waals surface area contributed by atoms with E-state index in [0.29, 0.717) is 23.5 Å². The summed E-state index contributed by atoms with van der Waals surface area (Å²) in [4.78, 5) is 22.7. The Morgan fingerprint density at radius 3 is 2.38 bits per heavy atom. The highest BCUT2D eigenvalue weighted by Gasteiger charge is 2.04. The first kappa shape index (κ1) is 19.3. The zero-order chi connectivity index (χ0) is 17.9. The van der Waals surface area contributed by atoms with Crippen molar-refractivity contribution in [2.75, 3.05) is 27.4 Å². The highest BCUT2D eigenvalue weighted by Crippen LogP contribution is 2.27. The molecule has 0 atom stereocenters. The molecule has 0 saturated heterocycles. The summed E-state index contributed by atoms with van der Waals surface area (Å²) in [7, 11) is 3.10. The van der Waals surface area contributed by atoms with Crippen LogP contribution in [0.1, 0.15) is 18.9 Å². The van der Waals surface area contributed by atoms with Crippen LogP contribution in [0, 0.1) is 0 Å². The highest BCUT2D eigenvalue weighted by molar-refractivity contribution is 5.87. The third kappa shape index (κ3) is 6.56. The molecule has 0 radical (unpaired) electrons. The molecule has 0 spiro atoms. The van der Waals surface area contributed by atoms with E-state index in [4.69, 9.17) is 18.9 Å². The number of benzene rings is 1. The Bertz CT molecular complexity index is 618. The van der Waals surface area contributed by atoms with Gasteiger partial charge in [-0.25, -0.2) is 9.59 Å².